The van der Waals surface area contributed by atoms with E-state index in [-0.39, 0.29) is 11.0 Å². The number of rotatable bonds is 4. The number of hydrogen-bond donors (Lipinski definition) is 2. The Morgan fingerprint density at radius 3 is 2.50 bits per heavy atom. The van der Waals surface area contributed by atoms with Crippen molar-refractivity contribution in [2.24, 2.45) is 0 Å². The van der Waals surface area contributed by atoms with Gasteiger partial charge in [-0.3, -0.25) is 10.1 Å². The molecule has 5 heteroatoms. The quantitative estimate of drug-likeness (QED) is 0.665. The number of hydrogen-bond acceptors (Lipinski definition) is 2. The summed E-state index contributed by atoms with van der Waals surface area (Å²) in [6, 6.07) is 17.1. The fourth-order valence-corrected chi connectivity index (χ4v) is 2.12. The predicted octanol–water partition coefficient (Wildman–Crippen LogP) is 3.54. The van der Waals surface area contributed by atoms with Crippen molar-refractivity contribution in [2.45, 2.75) is 6.54 Å². The van der Waals surface area contributed by atoms with Gasteiger partial charge in [-0.1, -0.05) is 60.1 Å². The number of halogens is 1. The Morgan fingerprint density at radius 1 is 1.09 bits per heavy atom. The smallest absolute Gasteiger partial charge is 0.250 e. The van der Waals surface area contributed by atoms with Crippen molar-refractivity contribution in [2.75, 3.05) is 0 Å². The molecule has 1 amide bonds. The van der Waals surface area contributed by atoms with E-state index in [2.05, 4.69) is 10.6 Å². The minimum Gasteiger partial charge on any atom is -0.358 e. The molecule has 2 N–H and O–H groups in total. The molecule has 0 saturated heterocycles. The lowest BCUT2D eigenvalue weighted by atomic mass is 10.2. The second-order valence-corrected chi connectivity index (χ2v) is 5.33. The van der Waals surface area contributed by atoms with Gasteiger partial charge in [-0.25, -0.2) is 0 Å². The average Bonchev–Trinajstić information content (AvgIpc) is 2.53. The number of nitrogens with one attached hydrogen (secondary N) is 2. The van der Waals surface area contributed by atoms with Crippen LogP contribution in [0.4, 0.5) is 0 Å². The van der Waals surface area contributed by atoms with Gasteiger partial charge in [0.05, 0.1) is 0 Å². The topological polar surface area (TPSA) is 41.1 Å². The van der Waals surface area contributed by atoms with Crippen LogP contribution in [0.15, 0.2) is 60.7 Å². The van der Waals surface area contributed by atoms with Crippen LogP contribution in [-0.4, -0.2) is 11.0 Å². The summed E-state index contributed by atoms with van der Waals surface area (Å²) in [4.78, 5) is 11.8. The highest BCUT2D eigenvalue weighted by Crippen LogP contribution is 2.15. The maximum Gasteiger partial charge on any atom is 0.250 e. The Kier molecular flexibility index (Phi) is 6.13. The lowest BCUT2D eigenvalue weighted by Crippen LogP contribution is -2.37. The minimum atomic E-state index is -0.300. The van der Waals surface area contributed by atoms with E-state index in [0.717, 1.165) is 11.1 Å². The van der Waals surface area contributed by atoms with Gasteiger partial charge >= 0.3 is 0 Å². The largest absolute Gasteiger partial charge is 0.358 e. The minimum absolute atomic E-state index is 0.290. The number of carbonyl (C=O) groups excluding carboxylic acids is 1. The fraction of sp³-hybridized carbons (Fsp3) is 0.0588. The normalized spacial score (nSPS) is 10.4. The summed E-state index contributed by atoms with van der Waals surface area (Å²) in [5.74, 6) is -0.300. The zero-order chi connectivity index (χ0) is 15.8. The number of benzene rings is 2. The molecule has 2 aromatic carbocycles. The summed E-state index contributed by atoms with van der Waals surface area (Å²) < 4.78 is 0. The van der Waals surface area contributed by atoms with E-state index in [1.807, 2.05) is 48.5 Å². The third kappa shape index (κ3) is 5.31. The van der Waals surface area contributed by atoms with Gasteiger partial charge in [0.25, 0.3) is 0 Å². The summed E-state index contributed by atoms with van der Waals surface area (Å²) in [6.45, 7) is 0.564. The molecule has 0 saturated carbocycles. The van der Waals surface area contributed by atoms with Crippen LogP contribution in [0.5, 0.6) is 0 Å². The Labute approximate surface area is 140 Å². The second-order valence-electron chi connectivity index (χ2n) is 4.51. The van der Waals surface area contributed by atoms with Crippen molar-refractivity contribution in [3.63, 3.8) is 0 Å². The standard InChI is InChI=1S/C17H15ClN2OS/c18-15-9-5-4-8-14(15)10-11-16(21)20-17(22)19-12-13-6-2-1-3-7-13/h1-11H,12H2,(H2,19,20,21,22). The molecule has 112 valence electrons. The maximum absolute atomic E-state index is 11.8. The molecular weight excluding hydrogens is 316 g/mol. The van der Waals surface area contributed by atoms with Crippen molar-refractivity contribution < 1.29 is 4.79 Å². The van der Waals surface area contributed by atoms with E-state index in [1.54, 1.807) is 12.1 Å². The van der Waals surface area contributed by atoms with Gasteiger partial charge in [0.15, 0.2) is 5.11 Å². The van der Waals surface area contributed by atoms with Gasteiger partial charge in [0, 0.05) is 17.6 Å². The van der Waals surface area contributed by atoms with Gasteiger partial charge < -0.3 is 5.32 Å². The average molecular weight is 331 g/mol. The molecule has 0 aromatic heterocycles. The van der Waals surface area contributed by atoms with Gasteiger partial charge in [-0.05, 0) is 35.5 Å². The molecule has 0 unspecified atom stereocenters. The zero-order valence-corrected chi connectivity index (χ0v) is 13.3. The highest BCUT2D eigenvalue weighted by Gasteiger charge is 2.01. The molecule has 0 spiro atoms. The van der Waals surface area contributed by atoms with Crippen molar-refractivity contribution >= 4 is 40.9 Å². The monoisotopic (exact) mass is 330 g/mol. The summed E-state index contributed by atoms with van der Waals surface area (Å²) in [5.41, 5.74) is 1.87. The van der Waals surface area contributed by atoms with Crippen molar-refractivity contribution in [1.29, 1.82) is 0 Å². The predicted molar refractivity (Wildman–Crippen MR) is 94.5 cm³/mol. The highest BCUT2D eigenvalue weighted by molar-refractivity contribution is 7.80. The Balaban J connectivity index is 1.81. The van der Waals surface area contributed by atoms with Crippen molar-refractivity contribution in [3.05, 3.63) is 76.8 Å². The van der Waals surface area contributed by atoms with E-state index in [0.29, 0.717) is 11.6 Å². The SMILES string of the molecule is O=C(C=Cc1ccccc1Cl)NC(=S)NCc1ccccc1. The molecular formula is C17H15ClN2OS. The van der Waals surface area contributed by atoms with E-state index in [1.165, 1.54) is 6.08 Å². The van der Waals surface area contributed by atoms with Crippen LogP contribution in [0.2, 0.25) is 5.02 Å². The molecule has 0 radical (unpaired) electrons. The van der Waals surface area contributed by atoms with Crippen LogP contribution in [0, 0.1) is 0 Å². The first kappa shape index (κ1) is 16.2. The fourth-order valence-electron chi connectivity index (χ4n) is 1.75. The first-order chi connectivity index (χ1) is 10.6. The maximum atomic E-state index is 11.8. The number of amides is 1. The lowest BCUT2D eigenvalue weighted by Gasteiger charge is -2.08. The molecule has 3 nitrogen and oxygen atoms in total. The summed E-state index contributed by atoms with van der Waals surface area (Å²) in [5, 5.41) is 6.45. The van der Waals surface area contributed by atoms with Crippen LogP contribution in [0.3, 0.4) is 0 Å². The molecule has 0 aliphatic rings. The molecule has 0 fully saturated rings. The van der Waals surface area contributed by atoms with E-state index in [9.17, 15) is 4.79 Å². The number of thiocarbonyl (C=S) groups is 1. The Bertz CT molecular complexity index is 686. The molecule has 2 aromatic rings. The van der Waals surface area contributed by atoms with Crippen molar-refractivity contribution in [1.82, 2.24) is 10.6 Å². The second kappa shape index (κ2) is 8.32. The van der Waals surface area contributed by atoms with Crippen LogP contribution >= 0.6 is 23.8 Å². The van der Waals surface area contributed by atoms with E-state index >= 15 is 0 Å². The molecule has 2 rings (SSSR count). The lowest BCUT2D eigenvalue weighted by molar-refractivity contribution is -0.115. The van der Waals surface area contributed by atoms with Gasteiger partial charge in [-0.15, -0.1) is 0 Å². The Hall–Kier alpha value is -2.17. The van der Waals surface area contributed by atoms with Gasteiger partial charge in [-0.2, -0.15) is 0 Å². The first-order valence-electron chi connectivity index (χ1n) is 6.70. The number of carbonyl (C=O) groups is 1. The molecule has 0 atom stereocenters. The van der Waals surface area contributed by atoms with Crippen LogP contribution < -0.4 is 10.6 Å². The van der Waals surface area contributed by atoms with Gasteiger partial charge in [0.2, 0.25) is 5.91 Å². The van der Waals surface area contributed by atoms with Crippen LogP contribution in [0.1, 0.15) is 11.1 Å². The van der Waals surface area contributed by atoms with E-state index < -0.39 is 0 Å². The summed E-state index contributed by atoms with van der Waals surface area (Å²) in [6.07, 6.45) is 3.05. The van der Waals surface area contributed by atoms with E-state index in [4.69, 9.17) is 23.8 Å². The summed E-state index contributed by atoms with van der Waals surface area (Å²) >= 11 is 11.1. The summed E-state index contributed by atoms with van der Waals surface area (Å²) in [7, 11) is 0. The molecule has 0 heterocycles. The third-order valence-corrected chi connectivity index (χ3v) is 3.44. The van der Waals surface area contributed by atoms with Crippen LogP contribution in [-0.2, 0) is 11.3 Å². The molecule has 0 aliphatic heterocycles. The molecule has 0 bridgehead atoms. The molecule has 0 aliphatic carbocycles. The van der Waals surface area contributed by atoms with Crippen LogP contribution in [0.25, 0.3) is 6.08 Å². The third-order valence-electron chi connectivity index (χ3n) is 2.85. The first-order valence-corrected chi connectivity index (χ1v) is 7.49. The zero-order valence-electron chi connectivity index (χ0n) is 11.8. The van der Waals surface area contributed by atoms with Crippen molar-refractivity contribution in [3.8, 4) is 0 Å². The Morgan fingerprint density at radius 2 is 1.77 bits per heavy atom. The molecule has 22 heavy (non-hydrogen) atoms. The van der Waals surface area contributed by atoms with Gasteiger partial charge in [0.1, 0.15) is 0 Å². The highest BCUT2D eigenvalue weighted by atomic mass is 35.5.